The van der Waals surface area contributed by atoms with E-state index < -0.39 is 0 Å². The minimum absolute atomic E-state index is 0.190. The summed E-state index contributed by atoms with van der Waals surface area (Å²) in [6.07, 6.45) is 0.663. The molecule has 1 atom stereocenters. The van der Waals surface area contributed by atoms with Crippen molar-refractivity contribution in [1.82, 2.24) is 0 Å². The van der Waals surface area contributed by atoms with Crippen molar-refractivity contribution in [3.63, 3.8) is 0 Å². The lowest BCUT2D eigenvalue weighted by molar-refractivity contribution is 0.408. The summed E-state index contributed by atoms with van der Waals surface area (Å²) >= 11 is 6.25. The molecule has 0 radical (unpaired) electrons. The fraction of sp³-hybridized carbons (Fsp3) is 0.250. The van der Waals surface area contributed by atoms with E-state index in [1.807, 2.05) is 36.4 Å². The minimum atomic E-state index is -0.190. The van der Waals surface area contributed by atoms with Gasteiger partial charge in [-0.2, -0.15) is 0 Å². The molecule has 0 saturated carbocycles. The Labute approximate surface area is 124 Å². The summed E-state index contributed by atoms with van der Waals surface area (Å²) in [5.74, 6) is 1.57. The molecule has 0 fully saturated rings. The molecule has 0 aliphatic rings. The zero-order valence-corrected chi connectivity index (χ0v) is 12.4. The third-order valence-corrected chi connectivity index (χ3v) is 3.57. The number of hydrogen-bond acceptors (Lipinski definition) is 3. The van der Waals surface area contributed by atoms with Crippen molar-refractivity contribution < 1.29 is 9.47 Å². The van der Waals surface area contributed by atoms with Crippen molar-refractivity contribution in [3.05, 3.63) is 58.6 Å². The molecule has 0 aliphatic heterocycles. The molecule has 0 bridgehead atoms. The first kappa shape index (κ1) is 14.7. The van der Waals surface area contributed by atoms with E-state index in [9.17, 15) is 0 Å². The van der Waals surface area contributed by atoms with Gasteiger partial charge in [-0.1, -0.05) is 35.9 Å². The van der Waals surface area contributed by atoms with Gasteiger partial charge >= 0.3 is 0 Å². The molecule has 0 aliphatic carbocycles. The van der Waals surface area contributed by atoms with E-state index in [1.165, 1.54) is 0 Å². The molecule has 2 aromatic rings. The quantitative estimate of drug-likeness (QED) is 0.915. The molecule has 3 nitrogen and oxygen atoms in total. The summed E-state index contributed by atoms with van der Waals surface area (Å²) in [6.45, 7) is 0. The van der Waals surface area contributed by atoms with E-state index in [2.05, 4.69) is 0 Å². The van der Waals surface area contributed by atoms with E-state index in [0.717, 1.165) is 22.6 Å². The van der Waals surface area contributed by atoms with Gasteiger partial charge in [-0.3, -0.25) is 0 Å². The highest BCUT2D eigenvalue weighted by Gasteiger charge is 2.14. The summed E-state index contributed by atoms with van der Waals surface area (Å²) in [6, 6.07) is 13.2. The van der Waals surface area contributed by atoms with Crippen molar-refractivity contribution >= 4 is 11.6 Å². The summed E-state index contributed by atoms with van der Waals surface area (Å²) in [7, 11) is 3.27. The van der Waals surface area contributed by atoms with Gasteiger partial charge in [0, 0.05) is 11.1 Å². The van der Waals surface area contributed by atoms with Crippen LogP contribution in [0.2, 0.25) is 5.02 Å². The van der Waals surface area contributed by atoms with Gasteiger partial charge in [-0.05, 0) is 35.7 Å². The second-order valence-electron chi connectivity index (χ2n) is 4.51. The molecule has 2 rings (SSSR count). The highest BCUT2D eigenvalue weighted by Crippen LogP contribution is 2.30. The van der Waals surface area contributed by atoms with Crippen LogP contribution in [0.5, 0.6) is 11.5 Å². The first-order valence-corrected chi connectivity index (χ1v) is 6.74. The molecular formula is C16H18ClNO2. The lowest BCUT2D eigenvalue weighted by Crippen LogP contribution is -2.14. The van der Waals surface area contributed by atoms with Gasteiger partial charge in [-0.15, -0.1) is 0 Å². The van der Waals surface area contributed by atoms with Crippen LogP contribution in [0.15, 0.2) is 42.5 Å². The van der Waals surface area contributed by atoms with E-state index in [-0.39, 0.29) is 6.04 Å². The van der Waals surface area contributed by atoms with Gasteiger partial charge in [0.25, 0.3) is 0 Å². The van der Waals surface area contributed by atoms with Crippen LogP contribution in [0, 0.1) is 0 Å². The predicted octanol–water partition coefficient (Wildman–Crippen LogP) is 3.60. The molecule has 1 unspecified atom stereocenters. The molecule has 0 amide bonds. The lowest BCUT2D eigenvalue weighted by atomic mass is 9.99. The maximum atomic E-state index is 6.26. The Morgan fingerprint density at radius 1 is 1.10 bits per heavy atom. The normalized spacial score (nSPS) is 12.0. The number of halogens is 1. The van der Waals surface area contributed by atoms with Crippen molar-refractivity contribution in [2.24, 2.45) is 5.73 Å². The number of nitrogens with two attached hydrogens (primary N) is 1. The van der Waals surface area contributed by atoms with Gasteiger partial charge in [0.1, 0.15) is 11.5 Å². The Morgan fingerprint density at radius 2 is 1.85 bits per heavy atom. The summed E-state index contributed by atoms with van der Waals surface area (Å²) in [5.41, 5.74) is 8.23. The van der Waals surface area contributed by atoms with E-state index >= 15 is 0 Å². The first-order chi connectivity index (χ1) is 9.65. The predicted molar refractivity (Wildman–Crippen MR) is 81.6 cm³/mol. The molecule has 0 aromatic heterocycles. The summed E-state index contributed by atoms with van der Waals surface area (Å²) < 4.78 is 10.5. The van der Waals surface area contributed by atoms with E-state index in [4.69, 9.17) is 26.8 Å². The highest BCUT2D eigenvalue weighted by atomic mass is 35.5. The maximum absolute atomic E-state index is 6.26. The monoisotopic (exact) mass is 291 g/mol. The van der Waals surface area contributed by atoms with E-state index in [1.54, 1.807) is 20.3 Å². The van der Waals surface area contributed by atoms with Gasteiger partial charge < -0.3 is 15.2 Å². The number of hydrogen-bond donors (Lipinski definition) is 1. The second kappa shape index (κ2) is 6.64. The summed E-state index contributed by atoms with van der Waals surface area (Å²) in [5, 5.41) is 0.617. The van der Waals surface area contributed by atoms with Crippen LogP contribution in [0.25, 0.3) is 0 Å². The number of benzene rings is 2. The first-order valence-electron chi connectivity index (χ1n) is 6.36. The standard InChI is InChI=1S/C16H18ClNO2/c1-19-12-7-8-13(14(17)10-12)15(18)9-11-5-3-4-6-16(11)20-2/h3-8,10,15H,9,18H2,1-2H3. The third-order valence-electron chi connectivity index (χ3n) is 3.24. The van der Waals surface area contributed by atoms with Crippen molar-refractivity contribution in [1.29, 1.82) is 0 Å². The largest absolute Gasteiger partial charge is 0.497 e. The topological polar surface area (TPSA) is 44.5 Å². The molecule has 2 N–H and O–H groups in total. The molecule has 2 aromatic carbocycles. The van der Waals surface area contributed by atoms with Crippen LogP contribution in [0.3, 0.4) is 0 Å². The van der Waals surface area contributed by atoms with Crippen molar-refractivity contribution in [3.8, 4) is 11.5 Å². The fourth-order valence-corrected chi connectivity index (χ4v) is 2.46. The van der Waals surface area contributed by atoms with Gasteiger partial charge in [0.15, 0.2) is 0 Å². The van der Waals surface area contributed by atoms with Crippen LogP contribution < -0.4 is 15.2 Å². The van der Waals surface area contributed by atoms with Gasteiger partial charge in [0.05, 0.1) is 14.2 Å². The van der Waals surface area contributed by atoms with Crippen LogP contribution in [-0.4, -0.2) is 14.2 Å². The average Bonchev–Trinajstić information content (AvgIpc) is 2.47. The molecule has 0 heterocycles. The second-order valence-corrected chi connectivity index (χ2v) is 4.92. The zero-order chi connectivity index (χ0) is 14.5. The number of rotatable bonds is 5. The van der Waals surface area contributed by atoms with Crippen LogP contribution in [0.4, 0.5) is 0 Å². The number of methoxy groups -OCH3 is 2. The molecular weight excluding hydrogens is 274 g/mol. The van der Waals surface area contributed by atoms with Crippen LogP contribution in [-0.2, 0) is 6.42 Å². The Hall–Kier alpha value is -1.71. The molecule has 106 valence electrons. The van der Waals surface area contributed by atoms with Crippen molar-refractivity contribution in [2.45, 2.75) is 12.5 Å². The highest BCUT2D eigenvalue weighted by molar-refractivity contribution is 6.31. The molecule has 4 heteroatoms. The van der Waals surface area contributed by atoms with Crippen LogP contribution in [0.1, 0.15) is 17.2 Å². The van der Waals surface area contributed by atoms with Gasteiger partial charge in [-0.25, -0.2) is 0 Å². The fourth-order valence-electron chi connectivity index (χ4n) is 2.15. The average molecular weight is 292 g/mol. The minimum Gasteiger partial charge on any atom is -0.497 e. The Bertz CT molecular complexity index is 586. The SMILES string of the molecule is COc1ccc(C(N)Cc2ccccc2OC)c(Cl)c1. The van der Waals surface area contributed by atoms with E-state index in [0.29, 0.717) is 11.4 Å². The molecule has 20 heavy (non-hydrogen) atoms. The van der Waals surface area contributed by atoms with Crippen LogP contribution >= 0.6 is 11.6 Å². The third kappa shape index (κ3) is 3.24. The number of para-hydroxylation sites is 1. The Balaban J connectivity index is 2.21. The Morgan fingerprint density at radius 3 is 2.50 bits per heavy atom. The lowest BCUT2D eigenvalue weighted by Gasteiger charge is -2.16. The zero-order valence-electron chi connectivity index (χ0n) is 11.6. The molecule has 0 spiro atoms. The maximum Gasteiger partial charge on any atom is 0.122 e. The van der Waals surface area contributed by atoms with Gasteiger partial charge in [0.2, 0.25) is 0 Å². The smallest absolute Gasteiger partial charge is 0.122 e. The van der Waals surface area contributed by atoms with Crippen molar-refractivity contribution in [2.75, 3.05) is 14.2 Å². The Kier molecular flexibility index (Phi) is 4.88. The molecule has 0 saturated heterocycles. The summed E-state index contributed by atoms with van der Waals surface area (Å²) in [4.78, 5) is 0. The number of ether oxygens (including phenoxy) is 2.